The molecule has 0 aliphatic rings. The van der Waals surface area contributed by atoms with Gasteiger partial charge in [0.1, 0.15) is 5.56 Å². The Labute approximate surface area is 138 Å². The third-order valence-corrected chi connectivity index (χ3v) is 2.87. The molecule has 24 heavy (non-hydrogen) atoms. The van der Waals surface area contributed by atoms with Crippen LogP contribution in [0.25, 0.3) is 0 Å². The minimum Gasteiger partial charge on any atom is -0.490 e. The predicted octanol–water partition coefficient (Wildman–Crippen LogP) is 1.29. The second-order valence-electron chi connectivity index (χ2n) is 4.64. The third-order valence-electron chi connectivity index (χ3n) is 2.87. The largest absolute Gasteiger partial charge is 0.490 e. The summed E-state index contributed by atoms with van der Waals surface area (Å²) in [4.78, 5) is 22.4. The van der Waals surface area contributed by atoms with E-state index in [4.69, 9.17) is 24.4 Å². The number of aliphatic hydroxyl groups excluding tert-OH is 2. The van der Waals surface area contributed by atoms with E-state index in [1.165, 1.54) is 6.07 Å². The lowest BCUT2D eigenvalue weighted by Crippen LogP contribution is -2.11. The molecule has 0 heterocycles. The number of nitro groups is 1. The number of hydrogen-bond acceptors (Lipinski definition) is 8. The van der Waals surface area contributed by atoms with Crippen molar-refractivity contribution in [1.82, 2.24) is 0 Å². The van der Waals surface area contributed by atoms with Crippen LogP contribution in [-0.4, -0.2) is 54.1 Å². The average Bonchev–Trinajstić information content (AvgIpc) is 2.55. The van der Waals surface area contributed by atoms with Gasteiger partial charge in [0, 0.05) is 32.1 Å². The van der Waals surface area contributed by atoms with E-state index in [-0.39, 0.29) is 50.1 Å². The van der Waals surface area contributed by atoms with Crippen LogP contribution < -0.4 is 9.47 Å². The van der Waals surface area contributed by atoms with Gasteiger partial charge in [-0.3, -0.25) is 10.1 Å². The molecule has 0 saturated heterocycles. The molecule has 9 heteroatoms. The van der Waals surface area contributed by atoms with Crippen molar-refractivity contribution in [2.75, 3.05) is 33.0 Å². The maximum Gasteiger partial charge on any atom is 0.345 e. The lowest BCUT2D eigenvalue weighted by Gasteiger charge is -2.14. The molecular weight excluding hydrogens is 322 g/mol. The summed E-state index contributed by atoms with van der Waals surface area (Å²) in [6.07, 6.45) is 0.686. The van der Waals surface area contributed by atoms with Crippen LogP contribution in [0.2, 0.25) is 0 Å². The SMILES string of the molecule is CCOC(=O)c1cc(OCCCO)c(OCCCO)cc1[N+](=O)[O-]. The van der Waals surface area contributed by atoms with Gasteiger partial charge < -0.3 is 24.4 Å². The van der Waals surface area contributed by atoms with Crippen molar-refractivity contribution in [2.45, 2.75) is 19.8 Å². The normalized spacial score (nSPS) is 10.3. The molecule has 0 amide bonds. The first kappa shape index (κ1) is 19.7. The molecule has 0 aromatic heterocycles. The van der Waals surface area contributed by atoms with Gasteiger partial charge in [-0.15, -0.1) is 0 Å². The maximum absolute atomic E-state index is 11.9. The van der Waals surface area contributed by atoms with Gasteiger partial charge in [-0.2, -0.15) is 0 Å². The highest BCUT2D eigenvalue weighted by Gasteiger charge is 2.26. The summed E-state index contributed by atoms with van der Waals surface area (Å²) in [5.74, 6) is -0.616. The van der Waals surface area contributed by atoms with Crippen LogP contribution >= 0.6 is 0 Å². The zero-order chi connectivity index (χ0) is 17.9. The van der Waals surface area contributed by atoms with Crippen LogP contribution in [-0.2, 0) is 4.74 Å². The summed E-state index contributed by atoms with van der Waals surface area (Å²) in [6, 6.07) is 2.29. The van der Waals surface area contributed by atoms with Crippen molar-refractivity contribution in [2.24, 2.45) is 0 Å². The van der Waals surface area contributed by atoms with E-state index in [1.54, 1.807) is 6.92 Å². The van der Waals surface area contributed by atoms with Gasteiger partial charge in [-0.1, -0.05) is 0 Å². The Bertz CT molecular complexity index is 561. The summed E-state index contributed by atoms with van der Waals surface area (Å²) in [5.41, 5.74) is -0.697. The second-order valence-corrected chi connectivity index (χ2v) is 4.64. The van der Waals surface area contributed by atoms with Crippen molar-refractivity contribution in [3.8, 4) is 11.5 Å². The molecule has 1 aromatic rings. The van der Waals surface area contributed by atoms with Crippen LogP contribution in [0.4, 0.5) is 5.69 Å². The van der Waals surface area contributed by atoms with Crippen molar-refractivity contribution in [3.63, 3.8) is 0 Å². The molecule has 0 bridgehead atoms. The van der Waals surface area contributed by atoms with Gasteiger partial charge in [-0.25, -0.2) is 4.79 Å². The highest BCUT2D eigenvalue weighted by molar-refractivity contribution is 5.95. The first-order valence-corrected chi connectivity index (χ1v) is 7.52. The summed E-state index contributed by atoms with van der Waals surface area (Å²) in [5, 5.41) is 28.8. The van der Waals surface area contributed by atoms with E-state index >= 15 is 0 Å². The lowest BCUT2D eigenvalue weighted by atomic mass is 10.1. The standard InChI is InChI=1S/C15H21NO8/c1-2-22-15(19)11-9-13(23-7-3-5-17)14(24-8-4-6-18)10-12(11)16(20)21/h9-10,17-18H,2-8H2,1H3. The molecule has 0 spiro atoms. The van der Waals surface area contributed by atoms with Gasteiger partial charge in [0.05, 0.1) is 30.8 Å². The molecular formula is C15H21NO8. The molecule has 134 valence electrons. The second kappa shape index (κ2) is 10.4. The summed E-state index contributed by atoms with van der Waals surface area (Å²) in [7, 11) is 0. The van der Waals surface area contributed by atoms with E-state index in [2.05, 4.69) is 0 Å². The summed E-state index contributed by atoms with van der Waals surface area (Å²) < 4.78 is 15.6. The molecule has 2 N–H and O–H groups in total. The molecule has 9 nitrogen and oxygen atoms in total. The summed E-state index contributed by atoms with van der Waals surface area (Å²) >= 11 is 0. The fourth-order valence-corrected chi connectivity index (χ4v) is 1.79. The Morgan fingerprint density at radius 1 is 1.12 bits per heavy atom. The number of rotatable bonds is 11. The molecule has 0 saturated carbocycles. The number of carbonyl (C=O) groups excluding carboxylic acids is 1. The minimum absolute atomic E-state index is 0.0748. The van der Waals surface area contributed by atoms with Crippen LogP contribution in [0.1, 0.15) is 30.1 Å². The number of esters is 1. The van der Waals surface area contributed by atoms with E-state index in [9.17, 15) is 14.9 Å². The number of nitro benzene ring substituents is 1. The summed E-state index contributed by atoms with van der Waals surface area (Å²) in [6.45, 7) is 1.76. The van der Waals surface area contributed by atoms with Gasteiger partial charge >= 0.3 is 5.97 Å². The van der Waals surface area contributed by atoms with Gasteiger partial charge in [0.2, 0.25) is 0 Å². The van der Waals surface area contributed by atoms with Gasteiger partial charge in [0.25, 0.3) is 5.69 Å². The Morgan fingerprint density at radius 3 is 2.12 bits per heavy atom. The zero-order valence-electron chi connectivity index (χ0n) is 13.4. The fraction of sp³-hybridized carbons (Fsp3) is 0.533. The monoisotopic (exact) mass is 343 g/mol. The number of aliphatic hydroxyl groups is 2. The molecule has 1 rings (SSSR count). The quantitative estimate of drug-likeness (QED) is 0.266. The molecule has 0 atom stereocenters. The third kappa shape index (κ3) is 5.67. The van der Waals surface area contributed by atoms with Crippen LogP contribution in [0.15, 0.2) is 12.1 Å². The lowest BCUT2D eigenvalue weighted by molar-refractivity contribution is -0.385. The van der Waals surface area contributed by atoms with Gasteiger partial charge in [0.15, 0.2) is 11.5 Å². The number of ether oxygens (including phenoxy) is 3. The van der Waals surface area contributed by atoms with E-state index in [0.717, 1.165) is 6.07 Å². The predicted molar refractivity (Wildman–Crippen MR) is 83.4 cm³/mol. The van der Waals surface area contributed by atoms with Crippen LogP contribution in [0.3, 0.4) is 0 Å². The Hall–Kier alpha value is -2.39. The molecule has 0 aliphatic heterocycles. The molecule has 0 radical (unpaired) electrons. The van der Waals surface area contributed by atoms with E-state index < -0.39 is 16.6 Å². The van der Waals surface area contributed by atoms with Crippen molar-refractivity contribution < 1.29 is 34.1 Å². The fourth-order valence-electron chi connectivity index (χ4n) is 1.79. The highest BCUT2D eigenvalue weighted by Crippen LogP contribution is 2.35. The number of hydrogen-bond donors (Lipinski definition) is 2. The number of carbonyl (C=O) groups is 1. The average molecular weight is 343 g/mol. The number of benzene rings is 1. The van der Waals surface area contributed by atoms with Crippen molar-refractivity contribution >= 4 is 11.7 Å². The Balaban J connectivity index is 3.20. The smallest absolute Gasteiger partial charge is 0.345 e. The van der Waals surface area contributed by atoms with Crippen LogP contribution in [0, 0.1) is 10.1 Å². The minimum atomic E-state index is -0.835. The zero-order valence-corrected chi connectivity index (χ0v) is 13.4. The maximum atomic E-state index is 11.9. The van der Waals surface area contributed by atoms with Crippen molar-refractivity contribution in [1.29, 1.82) is 0 Å². The Kier molecular flexibility index (Phi) is 8.52. The first-order chi connectivity index (χ1) is 11.5. The van der Waals surface area contributed by atoms with E-state index in [1.807, 2.05) is 0 Å². The molecule has 1 aromatic carbocycles. The highest BCUT2D eigenvalue weighted by atomic mass is 16.6. The van der Waals surface area contributed by atoms with Crippen molar-refractivity contribution in [3.05, 3.63) is 27.8 Å². The molecule has 0 fully saturated rings. The molecule has 0 aliphatic carbocycles. The first-order valence-electron chi connectivity index (χ1n) is 7.52. The topological polar surface area (TPSA) is 128 Å². The Morgan fingerprint density at radius 2 is 1.67 bits per heavy atom. The van der Waals surface area contributed by atoms with Crippen LogP contribution in [0.5, 0.6) is 11.5 Å². The number of nitrogens with zero attached hydrogens (tertiary/aromatic N) is 1. The van der Waals surface area contributed by atoms with Gasteiger partial charge in [-0.05, 0) is 6.92 Å². The van der Waals surface area contributed by atoms with E-state index in [0.29, 0.717) is 12.8 Å². The molecule has 0 unspecified atom stereocenters.